The maximum atomic E-state index is 12.7. The number of methoxy groups -OCH3 is 1. The molecule has 1 aliphatic carbocycles. The molecule has 0 spiro atoms. The third-order valence-corrected chi connectivity index (χ3v) is 4.16. The zero-order valence-corrected chi connectivity index (χ0v) is 15.7. The van der Waals surface area contributed by atoms with Crippen LogP contribution in [0, 0.1) is 0 Å². The number of hydrogen-bond acceptors (Lipinski definition) is 4. The van der Waals surface area contributed by atoms with E-state index in [0.717, 1.165) is 12.8 Å². The summed E-state index contributed by atoms with van der Waals surface area (Å²) in [7, 11) is 1.33. The predicted octanol–water partition coefficient (Wildman–Crippen LogP) is 3.84. The molecule has 3 rings (SSSR count). The number of amides is 2. The molecular formula is C21H20F2N2O4. The van der Waals surface area contributed by atoms with Gasteiger partial charge < -0.3 is 20.1 Å². The molecule has 0 atom stereocenters. The number of carbonyl (C=O) groups excluding carboxylic acids is 2. The molecule has 2 N–H and O–H groups in total. The number of benzene rings is 2. The normalized spacial score (nSPS) is 13.4. The van der Waals surface area contributed by atoms with Gasteiger partial charge in [-0.05, 0) is 43.2 Å². The molecular weight excluding hydrogens is 382 g/mol. The minimum atomic E-state index is -3.03. The fourth-order valence-corrected chi connectivity index (χ4v) is 2.62. The molecule has 2 aromatic rings. The Kier molecular flexibility index (Phi) is 6.43. The first-order valence-corrected chi connectivity index (χ1v) is 8.98. The molecule has 0 aromatic heterocycles. The Bertz CT molecular complexity index is 927. The minimum Gasteiger partial charge on any atom is -0.493 e. The van der Waals surface area contributed by atoms with Crippen LogP contribution in [0.2, 0.25) is 0 Å². The van der Waals surface area contributed by atoms with E-state index in [9.17, 15) is 18.4 Å². The molecule has 2 amide bonds. The maximum absolute atomic E-state index is 12.7. The van der Waals surface area contributed by atoms with E-state index in [4.69, 9.17) is 4.74 Å². The van der Waals surface area contributed by atoms with Gasteiger partial charge in [-0.1, -0.05) is 18.2 Å². The van der Waals surface area contributed by atoms with Gasteiger partial charge >= 0.3 is 6.61 Å². The number of anilines is 1. The first-order chi connectivity index (χ1) is 14.0. The summed E-state index contributed by atoms with van der Waals surface area (Å²) in [6.45, 7) is -3.03. The topological polar surface area (TPSA) is 76.7 Å². The zero-order chi connectivity index (χ0) is 20.8. The molecule has 0 bridgehead atoms. The molecule has 0 unspecified atom stereocenters. The number of nitrogens with one attached hydrogen (secondary N) is 2. The van der Waals surface area contributed by atoms with Crippen LogP contribution < -0.4 is 20.1 Å². The Labute approximate surface area is 166 Å². The molecule has 0 radical (unpaired) electrons. The highest BCUT2D eigenvalue weighted by atomic mass is 19.3. The van der Waals surface area contributed by atoms with Gasteiger partial charge in [-0.15, -0.1) is 0 Å². The van der Waals surface area contributed by atoms with Crippen LogP contribution in [0.4, 0.5) is 14.5 Å². The number of rotatable bonds is 8. The first-order valence-electron chi connectivity index (χ1n) is 8.98. The van der Waals surface area contributed by atoms with Gasteiger partial charge in [-0.3, -0.25) is 9.59 Å². The first kappa shape index (κ1) is 20.3. The highest BCUT2D eigenvalue weighted by Crippen LogP contribution is 2.33. The van der Waals surface area contributed by atoms with Crippen molar-refractivity contribution in [3.63, 3.8) is 0 Å². The fraction of sp³-hybridized carbons (Fsp3) is 0.238. The highest BCUT2D eigenvalue weighted by Gasteiger charge is 2.23. The summed E-state index contributed by atoms with van der Waals surface area (Å²) < 4.78 is 34.9. The van der Waals surface area contributed by atoms with Crippen molar-refractivity contribution in [2.45, 2.75) is 25.5 Å². The van der Waals surface area contributed by atoms with Crippen LogP contribution in [0.5, 0.6) is 11.5 Å². The van der Waals surface area contributed by atoms with Crippen molar-refractivity contribution in [1.82, 2.24) is 5.32 Å². The molecule has 1 fully saturated rings. The van der Waals surface area contributed by atoms with Crippen molar-refractivity contribution in [3.8, 4) is 11.5 Å². The maximum Gasteiger partial charge on any atom is 0.387 e. The molecule has 0 aliphatic heterocycles. The molecule has 8 heteroatoms. The average Bonchev–Trinajstić information content (AvgIpc) is 3.51. The number of alkyl halides is 2. The Morgan fingerprint density at radius 3 is 2.62 bits per heavy atom. The summed E-state index contributed by atoms with van der Waals surface area (Å²) in [4.78, 5) is 24.3. The van der Waals surface area contributed by atoms with Gasteiger partial charge in [-0.2, -0.15) is 8.78 Å². The summed E-state index contributed by atoms with van der Waals surface area (Å²) in [5, 5.41) is 5.52. The van der Waals surface area contributed by atoms with Gasteiger partial charge in [0.05, 0.1) is 7.11 Å². The highest BCUT2D eigenvalue weighted by molar-refractivity contribution is 6.03. The van der Waals surface area contributed by atoms with Crippen molar-refractivity contribution in [2.24, 2.45) is 0 Å². The molecule has 0 heterocycles. The minimum absolute atomic E-state index is 0.127. The van der Waals surface area contributed by atoms with Crippen molar-refractivity contribution in [3.05, 3.63) is 59.7 Å². The summed E-state index contributed by atoms with van der Waals surface area (Å²) in [6, 6.07) is 11.4. The van der Waals surface area contributed by atoms with Crippen LogP contribution in [0.15, 0.2) is 48.5 Å². The van der Waals surface area contributed by atoms with Crippen molar-refractivity contribution >= 4 is 23.6 Å². The average molecular weight is 402 g/mol. The molecule has 0 saturated heterocycles. The molecule has 152 valence electrons. The quantitative estimate of drug-likeness (QED) is 0.658. The second-order valence-electron chi connectivity index (χ2n) is 6.41. The Morgan fingerprint density at radius 2 is 1.93 bits per heavy atom. The van der Waals surface area contributed by atoms with Crippen LogP contribution in [-0.4, -0.2) is 31.6 Å². The van der Waals surface area contributed by atoms with E-state index >= 15 is 0 Å². The lowest BCUT2D eigenvalue weighted by molar-refractivity contribution is -0.111. The monoisotopic (exact) mass is 402 g/mol. The van der Waals surface area contributed by atoms with E-state index in [-0.39, 0.29) is 29.0 Å². The number of halogens is 2. The van der Waals surface area contributed by atoms with Crippen molar-refractivity contribution in [2.75, 3.05) is 12.4 Å². The predicted molar refractivity (Wildman–Crippen MR) is 104 cm³/mol. The van der Waals surface area contributed by atoms with Gasteiger partial charge in [0, 0.05) is 28.9 Å². The number of hydrogen-bond donors (Lipinski definition) is 2. The molecule has 29 heavy (non-hydrogen) atoms. The van der Waals surface area contributed by atoms with Gasteiger partial charge in [0.1, 0.15) is 0 Å². The summed E-state index contributed by atoms with van der Waals surface area (Å²) in [6.07, 6.45) is 4.49. The molecule has 1 aliphatic rings. The van der Waals surface area contributed by atoms with Gasteiger partial charge in [-0.25, -0.2) is 0 Å². The van der Waals surface area contributed by atoms with E-state index < -0.39 is 12.5 Å². The van der Waals surface area contributed by atoms with Gasteiger partial charge in [0.15, 0.2) is 11.5 Å². The van der Waals surface area contributed by atoms with Crippen LogP contribution in [0.1, 0.15) is 28.8 Å². The Balaban J connectivity index is 1.69. The van der Waals surface area contributed by atoms with Crippen LogP contribution >= 0.6 is 0 Å². The lowest BCUT2D eigenvalue weighted by Gasteiger charge is -2.12. The van der Waals surface area contributed by atoms with E-state index in [1.54, 1.807) is 30.3 Å². The van der Waals surface area contributed by atoms with E-state index in [1.807, 2.05) is 0 Å². The van der Waals surface area contributed by atoms with Crippen molar-refractivity contribution < 1.29 is 27.8 Å². The number of para-hydroxylation sites is 1. The standard InChI is InChI=1S/C21H20F2N2O4/c1-28-17-7-3-4-13(19(17)29-21(22)23)8-11-18(26)24-16-6-2-5-14(12-16)20(27)25-15-9-10-15/h2-8,11-12,15,21H,9-10H2,1H3,(H,24,26)(H,25,27)/b11-8+. The fourth-order valence-electron chi connectivity index (χ4n) is 2.62. The number of carbonyl (C=O) groups is 2. The molecule has 2 aromatic carbocycles. The lowest BCUT2D eigenvalue weighted by atomic mass is 10.1. The largest absolute Gasteiger partial charge is 0.493 e. The summed E-state index contributed by atoms with van der Waals surface area (Å²) >= 11 is 0. The SMILES string of the molecule is COc1cccc(/C=C/C(=O)Nc2cccc(C(=O)NC3CC3)c2)c1OC(F)F. The zero-order valence-electron chi connectivity index (χ0n) is 15.7. The Morgan fingerprint density at radius 1 is 1.17 bits per heavy atom. The van der Waals surface area contributed by atoms with Crippen LogP contribution in [0.3, 0.4) is 0 Å². The summed E-state index contributed by atoms with van der Waals surface area (Å²) in [5.74, 6) is -0.713. The van der Waals surface area contributed by atoms with Crippen LogP contribution in [-0.2, 0) is 4.79 Å². The van der Waals surface area contributed by atoms with Gasteiger partial charge in [0.25, 0.3) is 5.91 Å². The van der Waals surface area contributed by atoms with Gasteiger partial charge in [0.2, 0.25) is 5.91 Å². The van der Waals surface area contributed by atoms with E-state index in [0.29, 0.717) is 11.3 Å². The van der Waals surface area contributed by atoms with E-state index in [1.165, 1.54) is 31.4 Å². The third-order valence-electron chi connectivity index (χ3n) is 4.16. The van der Waals surface area contributed by atoms with E-state index in [2.05, 4.69) is 15.4 Å². The Hall–Kier alpha value is -3.42. The van der Waals surface area contributed by atoms with Crippen LogP contribution in [0.25, 0.3) is 6.08 Å². The smallest absolute Gasteiger partial charge is 0.387 e. The van der Waals surface area contributed by atoms with Crippen molar-refractivity contribution in [1.29, 1.82) is 0 Å². The third kappa shape index (κ3) is 5.78. The lowest BCUT2D eigenvalue weighted by Crippen LogP contribution is -2.25. The molecule has 1 saturated carbocycles. The number of ether oxygens (including phenoxy) is 2. The second kappa shape index (κ2) is 9.18. The summed E-state index contributed by atoms with van der Waals surface area (Å²) in [5.41, 5.74) is 1.15. The molecule has 6 nitrogen and oxygen atoms in total. The second-order valence-corrected chi connectivity index (χ2v) is 6.41.